The number of aliphatic hydroxyl groups excluding tert-OH is 1. The molecular formula is C15H15ClFNO. The summed E-state index contributed by atoms with van der Waals surface area (Å²) >= 11 is 5.84. The quantitative estimate of drug-likeness (QED) is 0.924. The van der Waals surface area contributed by atoms with Gasteiger partial charge in [0, 0.05) is 29.9 Å². The van der Waals surface area contributed by atoms with Crippen LogP contribution in [-0.4, -0.2) is 12.2 Å². The molecule has 0 unspecified atom stereocenters. The summed E-state index contributed by atoms with van der Waals surface area (Å²) in [6.45, 7) is 0.306. The molecule has 19 heavy (non-hydrogen) atoms. The van der Waals surface area contributed by atoms with Crippen LogP contribution >= 0.6 is 11.6 Å². The second kappa shape index (κ2) is 6.04. The van der Waals surface area contributed by atoms with Crippen LogP contribution in [-0.2, 0) is 13.2 Å². The first kappa shape index (κ1) is 13.8. The van der Waals surface area contributed by atoms with Gasteiger partial charge in [-0.2, -0.15) is 0 Å². The van der Waals surface area contributed by atoms with Crippen molar-refractivity contribution in [1.82, 2.24) is 0 Å². The van der Waals surface area contributed by atoms with Gasteiger partial charge in [-0.1, -0.05) is 29.8 Å². The molecule has 0 aliphatic rings. The highest BCUT2D eigenvalue weighted by molar-refractivity contribution is 6.30. The van der Waals surface area contributed by atoms with E-state index in [1.807, 2.05) is 36.2 Å². The Kier molecular flexibility index (Phi) is 4.40. The molecule has 100 valence electrons. The number of anilines is 1. The molecule has 2 aromatic rings. The fraction of sp³-hybridized carbons (Fsp3) is 0.200. The number of nitrogens with zero attached hydrogens (tertiary/aromatic N) is 1. The molecule has 0 aliphatic carbocycles. The lowest BCUT2D eigenvalue weighted by Gasteiger charge is -2.22. The Morgan fingerprint density at radius 1 is 1.16 bits per heavy atom. The average molecular weight is 280 g/mol. The van der Waals surface area contributed by atoms with Crippen molar-refractivity contribution in [2.45, 2.75) is 13.2 Å². The largest absolute Gasteiger partial charge is 0.391 e. The summed E-state index contributed by atoms with van der Waals surface area (Å²) in [4.78, 5) is 1.90. The maximum Gasteiger partial charge on any atom is 0.130 e. The van der Waals surface area contributed by atoms with Gasteiger partial charge in [-0.05, 0) is 29.8 Å². The van der Waals surface area contributed by atoms with E-state index < -0.39 is 0 Å². The summed E-state index contributed by atoms with van der Waals surface area (Å²) < 4.78 is 13.6. The van der Waals surface area contributed by atoms with Crippen LogP contribution in [0.1, 0.15) is 11.1 Å². The van der Waals surface area contributed by atoms with Gasteiger partial charge >= 0.3 is 0 Å². The van der Waals surface area contributed by atoms with Gasteiger partial charge in [-0.15, -0.1) is 0 Å². The molecule has 1 N–H and O–H groups in total. The highest BCUT2D eigenvalue weighted by Crippen LogP contribution is 2.24. The lowest BCUT2D eigenvalue weighted by Crippen LogP contribution is -2.18. The lowest BCUT2D eigenvalue weighted by atomic mass is 10.1. The van der Waals surface area contributed by atoms with Crippen molar-refractivity contribution < 1.29 is 9.50 Å². The topological polar surface area (TPSA) is 23.5 Å². The molecule has 0 atom stereocenters. The average Bonchev–Trinajstić information content (AvgIpc) is 2.41. The summed E-state index contributed by atoms with van der Waals surface area (Å²) in [5.74, 6) is -0.386. The predicted molar refractivity (Wildman–Crippen MR) is 75.9 cm³/mol. The maximum atomic E-state index is 13.6. The van der Waals surface area contributed by atoms with E-state index in [1.54, 1.807) is 12.1 Å². The van der Waals surface area contributed by atoms with Crippen LogP contribution in [0.4, 0.5) is 10.1 Å². The lowest BCUT2D eigenvalue weighted by molar-refractivity contribution is 0.276. The van der Waals surface area contributed by atoms with Crippen molar-refractivity contribution in [2.24, 2.45) is 0 Å². The van der Waals surface area contributed by atoms with E-state index >= 15 is 0 Å². The molecule has 0 aromatic heterocycles. The van der Waals surface area contributed by atoms with E-state index in [0.717, 1.165) is 5.56 Å². The third kappa shape index (κ3) is 3.25. The molecule has 2 rings (SSSR count). The number of halogens is 2. The van der Waals surface area contributed by atoms with Crippen LogP contribution < -0.4 is 4.90 Å². The highest BCUT2D eigenvalue weighted by Gasteiger charge is 2.11. The van der Waals surface area contributed by atoms with Crippen molar-refractivity contribution in [3.63, 3.8) is 0 Å². The van der Waals surface area contributed by atoms with Crippen molar-refractivity contribution in [3.05, 3.63) is 64.4 Å². The van der Waals surface area contributed by atoms with E-state index in [0.29, 0.717) is 22.8 Å². The van der Waals surface area contributed by atoms with Gasteiger partial charge < -0.3 is 10.0 Å². The first-order chi connectivity index (χ1) is 9.11. The fourth-order valence-electron chi connectivity index (χ4n) is 2.01. The second-order valence-corrected chi connectivity index (χ2v) is 4.81. The van der Waals surface area contributed by atoms with Crippen molar-refractivity contribution >= 4 is 17.3 Å². The third-order valence-corrected chi connectivity index (χ3v) is 3.25. The molecule has 0 aliphatic heterocycles. The summed E-state index contributed by atoms with van der Waals surface area (Å²) in [6, 6.07) is 12.3. The van der Waals surface area contributed by atoms with Crippen molar-refractivity contribution in [2.75, 3.05) is 11.9 Å². The van der Waals surface area contributed by atoms with Gasteiger partial charge in [0.25, 0.3) is 0 Å². The SMILES string of the molecule is CN(Cc1ccc(Cl)cc1)c1cccc(F)c1CO. The summed E-state index contributed by atoms with van der Waals surface area (Å²) in [7, 11) is 1.86. The van der Waals surface area contributed by atoms with Crippen LogP contribution in [0.15, 0.2) is 42.5 Å². The third-order valence-electron chi connectivity index (χ3n) is 3.00. The smallest absolute Gasteiger partial charge is 0.130 e. The zero-order valence-corrected chi connectivity index (χ0v) is 11.4. The maximum absolute atomic E-state index is 13.6. The number of hydrogen-bond donors (Lipinski definition) is 1. The first-order valence-corrected chi connectivity index (χ1v) is 6.33. The molecule has 0 amide bonds. The van der Waals surface area contributed by atoms with Crippen LogP contribution in [0.3, 0.4) is 0 Å². The fourth-order valence-corrected chi connectivity index (χ4v) is 2.14. The van der Waals surface area contributed by atoms with Gasteiger partial charge in [-0.3, -0.25) is 0 Å². The van der Waals surface area contributed by atoms with Gasteiger partial charge in [-0.25, -0.2) is 4.39 Å². The molecule has 0 saturated carbocycles. The van der Waals surface area contributed by atoms with Gasteiger partial charge in [0.2, 0.25) is 0 Å². The van der Waals surface area contributed by atoms with Crippen LogP contribution in [0.5, 0.6) is 0 Å². The minimum atomic E-state index is -0.386. The molecule has 0 saturated heterocycles. The molecule has 2 aromatic carbocycles. The van der Waals surface area contributed by atoms with E-state index in [9.17, 15) is 9.50 Å². The van der Waals surface area contributed by atoms with Crippen LogP contribution in [0.25, 0.3) is 0 Å². The minimum absolute atomic E-state index is 0.313. The van der Waals surface area contributed by atoms with Crippen LogP contribution in [0, 0.1) is 5.82 Å². The Morgan fingerprint density at radius 3 is 2.47 bits per heavy atom. The molecule has 0 fully saturated rings. The number of benzene rings is 2. The van der Waals surface area contributed by atoms with Gasteiger partial charge in [0.15, 0.2) is 0 Å². The monoisotopic (exact) mass is 279 g/mol. The zero-order valence-electron chi connectivity index (χ0n) is 10.6. The Bertz CT molecular complexity index is 557. The van der Waals surface area contributed by atoms with E-state index in [2.05, 4.69) is 0 Å². The number of hydrogen-bond acceptors (Lipinski definition) is 2. The molecular weight excluding hydrogens is 265 g/mol. The van der Waals surface area contributed by atoms with Crippen LogP contribution in [0.2, 0.25) is 5.02 Å². The Labute approximate surface area is 117 Å². The van der Waals surface area contributed by atoms with E-state index in [4.69, 9.17) is 11.6 Å². The summed E-state index contributed by atoms with van der Waals surface area (Å²) in [5.41, 5.74) is 2.08. The molecule has 0 heterocycles. The molecule has 2 nitrogen and oxygen atoms in total. The molecule has 0 radical (unpaired) electrons. The zero-order chi connectivity index (χ0) is 13.8. The normalized spacial score (nSPS) is 10.5. The number of rotatable bonds is 4. The van der Waals surface area contributed by atoms with Gasteiger partial charge in [0.05, 0.1) is 6.61 Å². The Hall–Kier alpha value is -1.58. The first-order valence-electron chi connectivity index (χ1n) is 5.95. The molecule has 4 heteroatoms. The molecule has 0 spiro atoms. The predicted octanol–water partition coefficient (Wildman–Crippen LogP) is 3.61. The summed E-state index contributed by atoms with van der Waals surface area (Å²) in [6.07, 6.45) is 0. The number of aliphatic hydroxyl groups is 1. The van der Waals surface area contributed by atoms with Crippen molar-refractivity contribution in [3.8, 4) is 0 Å². The minimum Gasteiger partial charge on any atom is -0.391 e. The Balaban J connectivity index is 2.22. The van der Waals surface area contributed by atoms with E-state index in [-0.39, 0.29) is 12.4 Å². The standard InChI is InChI=1S/C15H15ClFNO/c1-18(9-11-5-7-12(16)8-6-11)15-4-2-3-14(17)13(15)10-19/h2-8,19H,9-10H2,1H3. The van der Waals surface area contributed by atoms with E-state index in [1.165, 1.54) is 6.07 Å². The second-order valence-electron chi connectivity index (χ2n) is 4.38. The van der Waals surface area contributed by atoms with Crippen molar-refractivity contribution in [1.29, 1.82) is 0 Å². The summed E-state index contributed by atoms with van der Waals surface area (Å²) in [5, 5.41) is 9.95. The Morgan fingerprint density at radius 2 is 1.84 bits per heavy atom. The molecule has 0 bridgehead atoms. The van der Waals surface area contributed by atoms with Gasteiger partial charge in [0.1, 0.15) is 5.82 Å². The highest BCUT2D eigenvalue weighted by atomic mass is 35.5.